The standard InChI is InChI=1S/C22H24N2O2S.C8H18O.C3H8.C2H6/c1-6-8-10-18-14(3)23-12-20(18)21-13-27-22(24-21)19(16(5)26)11-17(9-7-2)15(4)25;1-3-5-7-8(9)6-4-2;1-3-2;1-2/h6,8-13,23H,1,7H2,2-5H3;8-9H,3-7H2,1-2H3;3H2,1-2H3;1-2H3/b10-8-,17-9+,19-11+;;;. The summed E-state index contributed by atoms with van der Waals surface area (Å²) in [6.45, 7) is 23.2. The molecule has 1 atom stereocenters. The van der Waals surface area contributed by atoms with Gasteiger partial charge in [-0.3, -0.25) is 9.59 Å². The van der Waals surface area contributed by atoms with Gasteiger partial charge in [0.2, 0.25) is 0 Å². The number of ketones is 2. The summed E-state index contributed by atoms with van der Waals surface area (Å²) in [6, 6.07) is 0. The predicted octanol–water partition coefficient (Wildman–Crippen LogP) is 10.3. The number of Topliss-reactive ketones (excluding diaryl/α,β-unsaturated/α-hetero) is 2. The van der Waals surface area contributed by atoms with Crippen LogP contribution in [0.1, 0.15) is 124 Å². The maximum absolute atomic E-state index is 12.2. The molecule has 5 nitrogen and oxygen atoms in total. The van der Waals surface area contributed by atoms with E-state index in [9.17, 15) is 14.7 Å². The van der Waals surface area contributed by atoms with Gasteiger partial charge in [0, 0.05) is 34.0 Å². The molecule has 0 aliphatic rings. The van der Waals surface area contributed by atoms with Crippen molar-refractivity contribution in [2.45, 2.75) is 120 Å². The van der Waals surface area contributed by atoms with Gasteiger partial charge in [-0.15, -0.1) is 11.3 Å². The number of unbranched alkanes of at least 4 members (excludes halogenated alkanes) is 1. The Kier molecular flexibility index (Phi) is 24.5. The average molecular weight is 585 g/mol. The monoisotopic (exact) mass is 584 g/mol. The molecule has 2 rings (SSSR count). The molecule has 0 aliphatic carbocycles. The molecule has 0 saturated heterocycles. The molecule has 0 amide bonds. The first-order valence-corrected chi connectivity index (χ1v) is 16.0. The van der Waals surface area contributed by atoms with Crippen LogP contribution in [0.25, 0.3) is 22.9 Å². The molecule has 0 bridgehead atoms. The molecule has 230 valence electrons. The van der Waals surface area contributed by atoms with Gasteiger partial charge in [-0.05, 0) is 46.1 Å². The minimum Gasteiger partial charge on any atom is -0.393 e. The molecule has 0 spiro atoms. The molecule has 6 heteroatoms. The van der Waals surface area contributed by atoms with Gasteiger partial charge in [0.25, 0.3) is 0 Å². The fourth-order valence-corrected chi connectivity index (χ4v) is 4.44. The summed E-state index contributed by atoms with van der Waals surface area (Å²) in [6.07, 6.45) is 18.3. The minimum atomic E-state index is -0.115. The zero-order valence-electron chi connectivity index (χ0n) is 27.4. The molecule has 0 aliphatic heterocycles. The predicted molar refractivity (Wildman–Crippen MR) is 181 cm³/mol. The molecule has 0 fully saturated rings. The average Bonchev–Trinajstić information content (AvgIpc) is 3.57. The highest BCUT2D eigenvalue weighted by atomic mass is 32.1. The van der Waals surface area contributed by atoms with E-state index >= 15 is 0 Å². The van der Waals surface area contributed by atoms with Crippen LogP contribution in [-0.2, 0) is 9.59 Å². The topological polar surface area (TPSA) is 83.0 Å². The van der Waals surface area contributed by atoms with Crippen LogP contribution in [0.5, 0.6) is 0 Å². The number of aromatic nitrogens is 2. The third-order valence-electron chi connectivity index (χ3n) is 5.56. The molecule has 0 saturated carbocycles. The SMILES string of the molecule is C=C/C=C\c1c(-c2csc(/C(=C/C(=C\CC)C(C)=O)C(C)=O)n2)c[nH]c1C.CC.CCC.CCCCC(O)CCC. The normalized spacial score (nSPS) is 11.9. The largest absolute Gasteiger partial charge is 0.393 e. The van der Waals surface area contributed by atoms with Crippen molar-refractivity contribution in [3.63, 3.8) is 0 Å². The summed E-state index contributed by atoms with van der Waals surface area (Å²) >= 11 is 1.40. The van der Waals surface area contributed by atoms with Crippen molar-refractivity contribution in [2.24, 2.45) is 0 Å². The number of aliphatic hydroxyl groups is 1. The van der Waals surface area contributed by atoms with E-state index in [0.29, 0.717) is 16.2 Å². The Hall–Kier alpha value is -2.83. The molecule has 2 N–H and O–H groups in total. The second-order valence-corrected chi connectivity index (χ2v) is 10.3. The molecule has 2 aromatic rings. The molecule has 0 aromatic carbocycles. The third-order valence-corrected chi connectivity index (χ3v) is 6.43. The molecule has 41 heavy (non-hydrogen) atoms. The number of carbonyl (C=O) groups excluding carboxylic acids is 2. The summed E-state index contributed by atoms with van der Waals surface area (Å²) in [7, 11) is 0. The Balaban J connectivity index is 0. The Labute approximate surface area is 254 Å². The van der Waals surface area contributed by atoms with Crippen LogP contribution in [0.3, 0.4) is 0 Å². The Bertz CT molecular complexity index is 1100. The summed E-state index contributed by atoms with van der Waals surface area (Å²) in [4.78, 5) is 31.9. The number of hydrogen-bond acceptors (Lipinski definition) is 5. The molecular weight excluding hydrogens is 528 g/mol. The van der Waals surface area contributed by atoms with Gasteiger partial charge >= 0.3 is 0 Å². The quantitative estimate of drug-likeness (QED) is 0.181. The van der Waals surface area contributed by atoms with E-state index in [2.05, 4.69) is 44.2 Å². The van der Waals surface area contributed by atoms with Crippen molar-refractivity contribution < 1.29 is 14.7 Å². The van der Waals surface area contributed by atoms with E-state index in [1.165, 1.54) is 44.4 Å². The van der Waals surface area contributed by atoms with E-state index in [1.807, 2.05) is 57.5 Å². The highest BCUT2D eigenvalue weighted by Crippen LogP contribution is 2.31. The second-order valence-electron chi connectivity index (χ2n) is 9.40. The van der Waals surface area contributed by atoms with Crippen LogP contribution in [0, 0.1) is 6.92 Å². The lowest BCUT2D eigenvalue weighted by Crippen LogP contribution is -2.04. The number of carbonyl (C=O) groups is 2. The first-order valence-electron chi connectivity index (χ1n) is 15.2. The molecule has 2 heterocycles. The number of aliphatic hydroxyl groups excluding tert-OH is 1. The number of allylic oxidation sites excluding steroid dienone is 6. The summed E-state index contributed by atoms with van der Waals surface area (Å²) in [5, 5.41) is 11.7. The van der Waals surface area contributed by atoms with Crippen LogP contribution in [0.4, 0.5) is 0 Å². The van der Waals surface area contributed by atoms with Gasteiger partial charge in [0.05, 0.1) is 17.4 Å². The van der Waals surface area contributed by atoms with Crippen LogP contribution in [0.2, 0.25) is 0 Å². The Morgan fingerprint density at radius 3 is 2.20 bits per heavy atom. The number of nitrogens with zero attached hydrogens (tertiary/aromatic N) is 1. The van der Waals surface area contributed by atoms with Crippen molar-refractivity contribution in [3.05, 3.63) is 64.3 Å². The summed E-state index contributed by atoms with van der Waals surface area (Å²) < 4.78 is 0. The lowest BCUT2D eigenvalue weighted by atomic mass is 10.0. The molecule has 0 radical (unpaired) electrons. The van der Waals surface area contributed by atoms with E-state index in [0.717, 1.165) is 48.2 Å². The van der Waals surface area contributed by atoms with Gasteiger partial charge in [-0.1, -0.05) is 105 Å². The van der Waals surface area contributed by atoms with Crippen LogP contribution in [-0.4, -0.2) is 32.7 Å². The number of thiazole rings is 1. The molecule has 2 aromatic heterocycles. The summed E-state index contributed by atoms with van der Waals surface area (Å²) in [5.41, 5.74) is 4.81. The lowest BCUT2D eigenvalue weighted by Gasteiger charge is -2.06. The maximum atomic E-state index is 12.2. The number of hydrogen-bond donors (Lipinski definition) is 2. The number of H-pyrrole nitrogens is 1. The van der Waals surface area contributed by atoms with Crippen LogP contribution >= 0.6 is 11.3 Å². The highest BCUT2D eigenvalue weighted by Gasteiger charge is 2.17. The number of aromatic amines is 1. The maximum Gasteiger partial charge on any atom is 0.162 e. The second kappa shape index (κ2) is 24.9. The van der Waals surface area contributed by atoms with E-state index < -0.39 is 0 Å². The van der Waals surface area contributed by atoms with Crippen LogP contribution < -0.4 is 0 Å². The highest BCUT2D eigenvalue weighted by molar-refractivity contribution is 7.11. The van der Waals surface area contributed by atoms with Crippen molar-refractivity contribution >= 4 is 34.6 Å². The number of rotatable bonds is 13. The van der Waals surface area contributed by atoms with Crippen molar-refractivity contribution in [3.8, 4) is 11.3 Å². The zero-order valence-corrected chi connectivity index (χ0v) is 28.2. The van der Waals surface area contributed by atoms with Crippen molar-refractivity contribution in [2.75, 3.05) is 0 Å². The number of aryl methyl sites for hydroxylation is 1. The first kappa shape index (κ1) is 40.3. The summed E-state index contributed by atoms with van der Waals surface area (Å²) in [5.74, 6) is -0.179. The smallest absolute Gasteiger partial charge is 0.162 e. The van der Waals surface area contributed by atoms with E-state index in [-0.39, 0.29) is 17.7 Å². The van der Waals surface area contributed by atoms with Crippen LogP contribution in [0.15, 0.2) is 48.0 Å². The zero-order chi connectivity index (χ0) is 31.8. The van der Waals surface area contributed by atoms with Crippen molar-refractivity contribution in [1.82, 2.24) is 9.97 Å². The third kappa shape index (κ3) is 16.3. The minimum absolute atomic E-state index is 0.0325. The van der Waals surface area contributed by atoms with Crippen molar-refractivity contribution in [1.29, 1.82) is 0 Å². The molecular formula is C35H56N2O3S. The van der Waals surface area contributed by atoms with Gasteiger partial charge in [0.15, 0.2) is 11.6 Å². The van der Waals surface area contributed by atoms with Gasteiger partial charge < -0.3 is 10.1 Å². The van der Waals surface area contributed by atoms with Gasteiger partial charge in [0.1, 0.15) is 5.01 Å². The Morgan fingerprint density at radius 2 is 1.71 bits per heavy atom. The van der Waals surface area contributed by atoms with E-state index in [1.54, 1.807) is 12.2 Å². The molecule has 1 unspecified atom stereocenters. The number of nitrogens with one attached hydrogen (secondary N) is 1. The Morgan fingerprint density at radius 1 is 1.07 bits per heavy atom. The van der Waals surface area contributed by atoms with Gasteiger partial charge in [-0.25, -0.2) is 4.98 Å². The lowest BCUT2D eigenvalue weighted by molar-refractivity contribution is -0.113. The van der Waals surface area contributed by atoms with E-state index in [4.69, 9.17) is 0 Å². The fourth-order valence-electron chi connectivity index (χ4n) is 3.56. The fraction of sp³-hybridized carbons (Fsp3) is 0.514. The first-order chi connectivity index (χ1) is 19.6. The van der Waals surface area contributed by atoms with Gasteiger partial charge in [-0.2, -0.15) is 0 Å².